The van der Waals surface area contributed by atoms with Gasteiger partial charge in [-0.05, 0) is 72.3 Å². The Hall–Kier alpha value is -0.890. The zero-order valence-electron chi connectivity index (χ0n) is 13.1. The van der Waals surface area contributed by atoms with Crippen LogP contribution in [0.15, 0.2) is 23.8 Å². The summed E-state index contributed by atoms with van der Waals surface area (Å²) >= 11 is 0. The van der Waals surface area contributed by atoms with Crippen LogP contribution < -0.4 is 0 Å². The molecule has 0 aromatic rings. The zero-order valence-corrected chi connectivity index (χ0v) is 13.1. The fourth-order valence-electron chi connectivity index (χ4n) is 6.09. The number of ketones is 1. The molecular formula is C19H26O2. The molecule has 0 aromatic carbocycles. The van der Waals surface area contributed by atoms with E-state index in [1.165, 1.54) is 19.3 Å². The Morgan fingerprint density at radius 3 is 2.86 bits per heavy atom. The number of hydrogen-bond donors (Lipinski definition) is 1. The molecule has 0 heterocycles. The zero-order chi connectivity index (χ0) is 14.8. The van der Waals surface area contributed by atoms with Gasteiger partial charge < -0.3 is 5.11 Å². The van der Waals surface area contributed by atoms with Crippen molar-refractivity contribution < 1.29 is 9.90 Å². The van der Waals surface area contributed by atoms with Crippen molar-refractivity contribution >= 4 is 5.78 Å². The standard InChI is InChI=1S/C19H26O2/c1-18-7-3-4-14(18)13-11-17(21)16-10-12(20)5-9-19(16,2)15(13)6-8-18/h3,7,10,13-15,17,21H,4-6,8-9,11H2,1-2H3. The van der Waals surface area contributed by atoms with E-state index in [1.54, 1.807) is 6.08 Å². The first kappa shape index (κ1) is 13.8. The molecule has 0 aliphatic heterocycles. The highest BCUT2D eigenvalue weighted by Crippen LogP contribution is 2.63. The molecule has 6 unspecified atom stereocenters. The average Bonchev–Trinajstić information content (AvgIpc) is 2.83. The lowest BCUT2D eigenvalue weighted by molar-refractivity contribution is -0.118. The summed E-state index contributed by atoms with van der Waals surface area (Å²) in [6.07, 6.45) is 12.3. The summed E-state index contributed by atoms with van der Waals surface area (Å²) in [7, 11) is 0. The van der Waals surface area contributed by atoms with Crippen LogP contribution in [0.3, 0.4) is 0 Å². The van der Waals surface area contributed by atoms with Crippen LogP contribution in [0.4, 0.5) is 0 Å². The molecule has 4 rings (SSSR count). The third-order valence-electron chi connectivity index (χ3n) is 7.30. The summed E-state index contributed by atoms with van der Waals surface area (Å²) in [5.74, 6) is 2.17. The van der Waals surface area contributed by atoms with E-state index in [2.05, 4.69) is 26.0 Å². The van der Waals surface area contributed by atoms with Crippen LogP contribution in [0.2, 0.25) is 0 Å². The molecule has 114 valence electrons. The molecule has 2 fully saturated rings. The lowest BCUT2D eigenvalue weighted by Crippen LogP contribution is -2.53. The number of aliphatic hydroxyl groups excluding tert-OH is 1. The third-order valence-corrected chi connectivity index (χ3v) is 7.30. The van der Waals surface area contributed by atoms with Crippen molar-refractivity contribution in [2.45, 2.75) is 58.5 Å². The van der Waals surface area contributed by atoms with E-state index in [9.17, 15) is 9.90 Å². The number of carbonyl (C=O) groups is 1. The lowest BCUT2D eigenvalue weighted by Gasteiger charge is -2.58. The van der Waals surface area contributed by atoms with Crippen LogP contribution in [-0.2, 0) is 4.79 Å². The van der Waals surface area contributed by atoms with E-state index in [4.69, 9.17) is 0 Å². The summed E-state index contributed by atoms with van der Waals surface area (Å²) in [6.45, 7) is 4.72. The van der Waals surface area contributed by atoms with Gasteiger partial charge in [-0.25, -0.2) is 0 Å². The summed E-state index contributed by atoms with van der Waals surface area (Å²) in [5, 5.41) is 10.7. The first-order valence-corrected chi connectivity index (χ1v) is 8.55. The first-order chi connectivity index (χ1) is 9.94. The minimum atomic E-state index is -0.400. The van der Waals surface area contributed by atoms with Gasteiger partial charge in [0.05, 0.1) is 6.10 Å². The Morgan fingerprint density at radius 1 is 1.24 bits per heavy atom. The van der Waals surface area contributed by atoms with Crippen molar-refractivity contribution in [1.29, 1.82) is 0 Å². The molecule has 0 bridgehead atoms. The molecule has 6 atom stereocenters. The van der Waals surface area contributed by atoms with Gasteiger partial charge in [-0.15, -0.1) is 0 Å². The molecule has 21 heavy (non-hydrogen) atoms. The van der Waals surface area contributed by atoms with Crippen LogP contribution in [0.25, 0.3) is 0 Å². The van der Waals surface area contributed by atoms with Crippen molar-refractivity contribution in [2.75, 3.05) is 0 Å². The number of aliphatic hydroxyl groups is 1. The van der Waals surface area contributed by atoms with Crippen LogP contribution in [-0.4, -0.2) is 17.0 Å². The monoisotopic (exact) mass is 286 g/mol. The van der Waals surface area contributed by atoms with Gasteiger partial charge in [0.15, 0.2) is 5.78 Å². The Bertz CT molecular complexity index is 546. The fourth-order valence-corrected chi connectivity index (χ4v) is 6.09. The molecule has 0 saturated heterocycles. The smallest absolute Gasteiger partial charge is 0.155 e. The van der Waals surface area contributed by atoms with Crippen LogP contribution in [0, 0.1) is 28.6 Å². The van der Waals surface area contributed by atoms with Gasteiger partial charge in [0.2, 0.25) is 0 Å². The Kier molecular flexibility index (Phi) is 2.83. The summed E-state index contributed by atoms with van der Waals surface area (Å²) in [6, 6.07) is 0. The highest BCUT2D eigenvalue weighted by molar-refractivity contribution is 5.91. The molecule has 2 saturated carbocycles. The molecule has 4 aliphatic rings. The molecular weight excluding hydrogens is 260 g/mol. The third kappa shape index (κ3) is 1.78. The minimum Gasteiger partial charge on any atom is -0.389 e. The molecule has 2 nitrogen and oxygen atoms in total. The van der Waals surface area contributed by atoms with E-state index < -0.39 is 6.10 Å². The van der Waals surface area contributed by atoms with Gasteiger partial charge in [0.1, 0.15) is 0 Å². The molecule has 1 N–H and O–H groups in total. The van der Waals surface area contributed by atoms with E-state index in [1.807, 2.05) is 0 Å². The second-order valence-corrected chi connectivity index (χ2v) is 8.29. The largest absolute Gasteiger partial charge is 0.389 e. The quantitative estimate of drug-likeness (QED) is 0.690. The van der Waals surface area contributed by atoms with Crippen molar-refractivity contribution in [1.82, 2.24) is 0 Å². The highest BCUT2D eigenvalue weighted by atomic mass is 16.3. The second kappa shape index (κ2) is 4.32. The van der Waals surface area contributed by atoms with Crippen LogP contribution in [0.1, 0.15) is 52.4 Å². The van der Waals surface area contributed by atoms with Gasteiger partial charge >= 0.3 is 0 Å². The van der Waals surface area contributed by atoms with Crippen LogP contribution >= 0.6 is 0 Å². The number of fused-ring (bicyclic) bond motifs is 5. The van der Waals surface area contributed by atoms with Crippen molar-refractivity contribution in [3.8, 4) is 0 Å². The van der Waals surface area contributed by atoms with Crippen LogP contribution in [0.5, 0.6) is 0 Å². The average molecular weight is 286 g/mol. The van der Waals surface area contributed by atoms with E-state index >= 15 is 0 Å². The van der Waals surface area contributed by atoms with Crippen molar-refractivity contribution in [3.05, 3.63) is 23.8 Å². The number of carbonyl (C=O) groups excluding carboxylic acids is 1. The summed E-state index contributed by atoms with van der Waals surface area (Å²) in [5.41, 5.74) is 1.46. The second-order valence-electron chi connectivity index (χ2n) is 8.29. The normalized spacial score (nSPS) is 52.0. The Labute approximate surface area is 127 Å². The predicted molar refractivity (Wildman–Crippen MR) is 82.6 cm³/mol. The molecule has 0 aromatic heterocycles. The molecule has 0 radical (unpaired) electrons. The SMILES string of the molecule is CC12C=CCC1C1CC(O)C3=CC(=O)CCC3(C)C1CC2. The first-order valence-electron chi connectivity index (χ1n) is 8.55. The molecule has 4 aliphatic carbocycles. The Morgan fingerprint density at radius 2 is 2.05 bits per heavy atom. The van der Waals surface area contributed by atoms with E-state index in [0.29, 0.717) is 29.6 Å². The van der Waals surface area contributed by atoms with Gasteiger partial charge in [-0.1, -0.05) is 26.0 Å². The maximum absolute atomic E-state index is 11.8. The van der Waals surface area contributed by atoms with Crippen molar-refractivity contribution in [3.63, 3.8) is 0 Å². The fraction of sp³-hybridized carbons (Fsp3) is 0.737. The van der Waals surface area contributed by atoms with Gasteiger partial charge in [0.25, 0.3) is 0 Å². The Balaban J connectivity index is 1.74. The van der Waals surface area contributed by atoms with Gasteiger partial charge in [-0.2, -0.15) is 0 Å². The maximum Gasteiger partial charge on any atom is 0.155 e. The van der Waals surface area contributed by atoms with E-state index in [-0.39, 0.29) is 11.2 Å². The minimum absolute atomic E-state index is 0.0557. The molecule has 0 amide bonds. The number of rotatable bonds is 0. The van der Waals surface area contributed by atoms with Gasteiger partial charge in [-0.3, -0.25) is 4.79 Å². The molecule has 2 heteroatoms. The van der Waals surface area contributed by atoms with Crippen molar-refractivity contribution in [2.24, 2.45) is 28.6 Å². The molecule has 0 spiro atoms. The van der Waals surface area contributed by atoms with Gasteiger partial charge in [0, 0.05) is 6.42 Å². The topological polar surface area (TPSA) is 37.3 Å². The lowest BCUT2D eigenvalue weighted by atomic mass is 9.47. The summed E-state index contributed by atoms with van der Waals surface area (Å²) in [4.78, 5) is 11.8. The summed E-state index contributed by atoms with van der Waals surface area (Å²) < 4.78 is 0. The maximum atomic E-state index is 11.8. The van der Waals surface area contributed by atoms with E-state index in [0.717, 1.165) is 18.4 Å². The number of hydrogen-bond acceptors (Lipinski definition) is 2. The predicted octanol–water partition coefficient (Wildman–Crippen LogP) is 3.66. The highest BCUT2D eigenvalue weighted by Gasteiger charge is 2.57. The number of allylic oxidation sites excluding steroid dienone is 3.